The van der Waals surface area contributed by atoms with Gasteiger partial charge in [-0.15, -0.1) is 0 Å². The first-order valence-electron chi connectivity index (χ1n) is 5.22. The smallest absolute Gasteiger partial charge is 0.408 e. The summed E-state index contributed by atoms with van der Waals surface area (Å²) in [7, 11) is 1.83. The van der Waals surface area contributed by atoms with Gasteiger partial charge < -0.3 is 15.0 Å². The van der Waals surface area contributed by atoms with Crippen molar-refractivity contribution in [3.05, 3.63) is 28.7 Å². The molecule has 0 saturated heterocycles. The Hall–Kier alpha value is -0.360. The van der Waals surface area contributed by atoms with Gasteiger partial charge in [-0.1, -0.05) is 46.9 Å². The van der Waals surface area contributed by atoms with E-state index in [-0.39, 0.29) is 13.3 Å². The number of nitrogens with one attached hydrogen (secondary N) is 1. The van der Waals surface area contributed by atoms with Gasteiger partial charge in [-0.3, -0.25) is 0 Å². The molecule has 0 bridgehead atoms. The van der Waals surface area contributed by atoms with E-state index in [1.807, 2.05) is 36.2 Å². The van der Waals surface area contributed by atoms with Crippen LogP contribution in [-0.4, -0.2) is 30.2 Å². The first kappa shape index (κ1) is 16.7. The largest absolute Gasteiger partial charge is 0.445 e. The first-order chi connectivity index (χ1) is 8.79. The second-order valence-electron chi connectivity index (χ2n) is 3.68. The summed E-state index contributed by atoms with van der Waals surface area (Å²) in [6.45, 7) is -0.0381. The van der Waals surface area contributed by atoms with Crippen molar-refractivity contribution >= 4 is 62.5 Å². The van der Waals surface area contributed by atoms with Gasteiger partial charge in [0.05, 0.1) is 12.4 Å². The van der Waals surface area contributed by atoms with E-state index in [4.69, 9.17) is 39.5 Å². The van der Waals surface area contributed by atoms with Crippen LogP contribution in [0, 0.1) is 0 Å². The van der Waals surface area contributed by atoms with Gasteiger partial charge in [-0.25, -0.2) is 4.79 Å². The number of halogens is 4. The predicted molar refractivity (Wildman–Crippen MR) is 82.2 cm³/mol. The van der Waals surface area contributed by atoms with Crippen LogP contribution >= 0.6 is 50.7 Å². The summed E-state index contributed by atoms with van der Waals surface area (Å²) in [5.41, 5.74) is 0.934. The van der Waals surface area contributed by atoms with Crippen LogP contribution in [0.4, 0.5) is 10.5 Å². The number of para-hydroxylation sites is 1. The molecule has 1 N–H and O–H groups in total. The summed E-state index contributed by atoms with van der Waals surface area (Å²) in [5, 5.41) is 2.55. The lowest BCUT2D eigenvalue weighted by molar-refractivity contribution is 0.148. The fourth-order valence-corrected chi connectivity index (χ4v) is 1.98. The van der Waals surface area contributed by atoms with Gasteiger partial charge >= 0.3 is 6.09 Å². The maximum Gasteiger partial charge on any atom is 0.408 e. The number of carbonyl (C=O) groups is 1. The van der Waals surface area contributed by atoms with Crippen molar-refractivity contribution in [3.63, 3.8) is 0 Å². The highest BCUT2D eigenvalue weighted by atomic mass is 79.9. The minimum atomic E-state index is -1.61. The third kappa shape index (κ3) is 6.56. The number of rotatable bonds is 4. The topological polar surface area (TPSA) is 41.6 Å². The molecule has 106 valence electrons. The minimum absolute atomic E-state index is 0.265. The van der Waals surface area contributed by atoms with E-state index >= 15 is 0 Å². The van der Waals surface area contributed by atoms with E-state index in [0.29, 0.717) is 0 Å². The molecule has 0 aromatic heterocycles. The van der Waals surface area contributed by atoms with Crippen LogP contribution in [0.15, 0.2) is 28.7 Å². The standard InChI is InChI=1S/C11H12BrCl3N2O2/c1-17(9-5-3-2-4-8(9)12)7-16-10(18)19-6-11(13,14)15/h2-5H,6-7H2,1H3,(H,16,18). The van der Waals surface area contributed by atoms with Crippen LogP contribution < -0.4 is 10.2 Å². The van der Waals surface area contributed by atoms with Crippen molar-refractivity contribution in [2.45, 2.75) is 3.79 Å². The van der Waals surface area contributed by atoms with E-state index < -0.39 is 9.89 Å². The van der Waals surface area contributed by atoms with Gasteiger partial charge in [0, 0.05) is 11.5 Å². The molecule has 1 amide bonds. The maximum absolute atomic E-state index is 11.4. The molecule has 1 aromatic carbocycles. The third-order valence-electron chi connectivity index (χ3n) is 2.09. The molecule has 8 heteroatoms. The number of carbonyl (C=O) groups excluding carboxylic acids is 1. The summed E-state index contributed by atoms with van der Waals surface area (Å²) >= 11 is 19.8. The monoisotopic (exact) mass is 388 g/mol. The highest BCUT2D eigenvalue weighted by molar-refractivity contribution is 9.10. The predicted octanol–water partition coefficient (Wildman–Crippen LogP) is 3.94. The molecular weight excluding hydrogens is 378 g/mol. The van der Waals surface area contributed by atoms with Crippen molar-refractivity contribution in [1.29, 1.82) is 0 Å². The average Bonchev–Trinajstić information content (AvgIpc) is 2.33. The van der Waals surface area contributed by atoms with Crippen LogP contribution in [0.5, 0.6) is 0 Å². The molecule has 0 heterocycles. The molecule has 0 aliphatic rings. The number of amides is 1. The minimum Gasteiger partial charge on any atom is -0.445 e. The second kappa shape index (κ2) is 7.43. The van der Waals surface area contributed by atoms with Crippen LogP contribution in [0.1, 0.15) is 0 Å². The first-order valence-corrected chi connectivity index (χ1v) is 7.15. The summed E-state index contributed by atoms with van der Waals surface area (Å²) < 4.78 is 4.06. The van der Waals surface area contributed by atoms with Gasteiger partial charge in [-0.05, 0) is 28.1 Å². The Balaban J connectivity index is 2.40. The molecule has 1 rings (SSSR count). The highest BCUT2D eigenvalue weighted by Crippen LogP contribution is 2.26. The number of benzene rings is 1. The summed E-state index contributed by atoms with van der Waals surface area (Å²) in [6.07, 6.45) is -0.648. The fraction of sp³-hybridized carbons (Fsp3) is 0.364. The highest BCUT2D eigenvalue weighted by Gasteiger charge is 2.22. The lowest BCUT2D eigenvalue weighted by Gasteiger charge is -2.21. The SMILES string of the molecule is CN(CNC(=O)OCC(Cl)(Cl)Cl)c1ccccc1Br. The zero-order valence-electron chi connectivity index (χ0n) is 10.00. The summed E-state index contributed by atoms with van der Waals surface area (Å²) in [6, 6.07) is 7.63. The molecular formula is C11H12BrCl3N2O2. The summed E-state index contributed by atoms with van der Waals surface area (Å²) in [4.78, 5) is 13.2. The van der Waals surface area contributed by atoms with Crippen molar-refractivity contribution in [1.82, 2.24) is 5.32 Å². The zero-order valence-corrected chi connectivity index (χ0v) is 13.9. The number of hydrogen-bond acceptors (Lipinski definition) is 3. The molecule has 4 nitrogen and oxygen atoms in total. The zero-order chi connectivity index (χ0) is 14.5. The maximum atomic E-state index is 11.4. The van der Waals surface area contributed by atoms with Crippen LogP contribution in [-0.2, 0) is 4.74 Å². The molecule has 19 heavy (non-hydrogen) atoms. The molecule has 0 radical (unpaired) electrons. The van der Waals surface area contributed by atoms with Gasteiger partial charge in [0.1, 0.15) is 6.61 Å². The van der Waals surface area contributed by atoms with Crippen molar-refractivity contribution in [2.75, 3.05) is 25.2 Å². The second-order valence-corrected chi connectivity index (χ2v) is 7.05. The Kier molecular flexibility index (Phi) is 6.53. The molecule has 0 saturated carbocycles. The number of anilines is 1. The average molecular weight is 390 g/mol. The lowest BCUT2D eigenvalue weighted by atomic mass is 10.3. The number of ether oxygens (including phenoxy) is 1. The van der Waals surface area contributed by atoms with E-state index in [2.05, 4.69) is 21.2 Å². The number of alkyl carbamates (subject to hydrolysis) is 1. The molecule has 0 aliphatic heterocycles. The van der Waals surface area contributed by atoms with Gasteiger partial charge in [0.15, 0.2) is 0 Å². The van der Waals surface area contributed by atoms with Crippen molar-refractivity contribution < 1.29 is 9.53 Å². The fourth-order valence-electron chi connectivity index (χ4n) is 1.23. The molecule has 0 fully saturated rings. The number of alkyl halides is 3. The van der Waals surface area contributed by atoms with Crippen LogP contribution in [0.25, 0.3) is 0 Å². The molecule has 0 unspecified atom stereocenters. The van der Waals surface area contributed by atoms with Crippen LogP contribution in [0.2, 0.25) is 0 Å². The Morgan fingerprint density at radius 1 is 1.42 bits per heavy atom. The Morgan fingerprint density at radius 2 is 2.05 bits per heavy atom. The Labute approximate surface area is 135 Å². The van der Waals surface area contributed by atoms with Gasteiger partial charge in [0.25, 0.3) is 0 Å². The van der Waals surface area contributed by atoms with Gasteiger partial charge in [-0.2, -0.15) is 0 Å². The summed E-state index contributed by atoms with van der Waals surface area (Å²) in [5.74, 6) is 0. The molecule has 1 aromatic rings. The quantitative estimate of drug-likeness (QED) is 0.625. The van der Waals surface area contributed by atoms with Gasteiger partial charge in [0.2, 0.25) is 3.79 Å². The molecule has 0 aliphatic carbocycles. The van der Waals surface area contributed by atoms with E-state index in [1.165, 1.54) is 0 Å². The Morgan fingerprint density at radius 3 is 2.63 bits per heavy atom. The number of hydrogen-bond donors (Lipinski definition) is 1. The number of nitrogens with zero attached hydrogens (tertiary/aromatic N) is 1. The Bertz CT molecular complexity index is 440. The van der Waals surface area contributed by atoms with Crippen molar-refractivity contribution in [2.24, 2.45) is 0 Å². The normalized spacial score (nSPS) is 11.0. The molecule has 0 atom stereocenters. The van der Waals surface area contributed by atoms with Crippen LogP contribution in [0.3, 0.4) is 0 Å². The van der Waals surface area contributed by atoms with E-state index in [0.717, 1.165) is 10.2 Å². The van der Waals surface area contributed by atoms with Crippen molar-refractivity contribution in [3.8, 4) is 0 Å². The molecule has 0 spiro atoms. The third-order valence-corrected chi connectivity index (χ3v) is 3.09. The lowest BCUT2D eigenvalue weighted by Crippen LogP contribution is -2.36. The van der Waals surface area contributed by atoms with E-state index in [9.17, 15) is 4.79 Å². The van der Waals surface area contributed by atoms with E-state index in [1.54, 1.807) is 0 Å².